The highest BCUT2D eigenvalue weighted by Crippen LogP contribution is 2.32. The van der Waals surface area contributed by atoms with E-state index in [1.807, 2.05) is 30.3 Å². The molecule has 0 saturated carbocycles. The molecule has 122 valence electrons. The number of halogens is 1. The molecule has 0 aliphatic rings. The molecule has 1 unspecified atom stereocenters. The topological polar surface area (TPSA) is 54.4 Å². The first kappa shape index (κ1) is 16.8. The summed E-state index contributed by atoms with van der Waals surface area (Å²) >= 11 is 0. The van der Waals surface area contributed by atoms with E-state index in [0.29, 0.717) is 0 Å². The minimum absolute atomic E-state index is 0.145. The van der Waals surface area contributed by atoms with Crippen molar-refractivity contribution in [3.05, 3.63) is 84.7 Å². The summed E-state index contributed by atoms with van der Waals surface area (Å²) in [6.45, 7) is 0. The van der Waals surface area contributed by atoms with Crippen molar-refractivity contribution in [3.63, 3.8) is 0 Å². The smallest absolute Gasteiger partial charge is 0.282 e. The van der Waals surface area contributed by atoms with Crippen molar-refractivity contribution < 1.29 is 17.4 Å². The van der Waals surface area contributed by atoms with Crippen molar-refractivity contribution in [1.29, 1.82) is 0 Å². The van der Waals surface area contributed by atoms with Crippen LogP contribution in [0.3, 0.4) is 0 Å². The average Bonchev–Trinajstić information content (AvgIpc) is 2.58. The van der Waals surface area contributed by atoms with Gasteiger partial charge in [-0.3, -0.25) is 4.55 Å². The van der Waals surface area contributed by atoms with Gasteiger partial charge in [-0.05, 0) is 48.1 Å². The third-order valence-electron chi connectivity index (χ3n) is 3.49. The van der Waals surface area contributed by atoms with Gasteiger partial charge in [0.05, 0.1) is 4.90 Å². The van der Waals surface area contributed by atoms with Gasteiger partial charge in [-0.15, -0.1) is 0 Å². The molecule has 0 aliphatic carbocycles. The molecule has 0 aliphatic heterocycles. The third-order valence-corrected chi connectivity index (χ3v) is 6.80. The fourth-order valence-corrected chi connectivity index (χ4v) is 5.12. The predicted molar refractivity (Wildman–Crippen MR) is 94.9 cm³/mol. The summed E-state index contributed by atoms with van der Waals surface area (Å²) < 4.78 is 44.8. The van der Waals surface area contributed by atoms with E-state index in [-0.39, 0.29) is 10.7 Å². The van der Waals surface area contributed by atoms with E-state index in [4.69, 9.17) is 4.55 Å². The van der Waals surface area contributed by atoms with Crippen LogP contribution in [0.2, 0.25) is 0 Å². The number of rotatable bonds is 4. The minimum atomic E-state index is -4.22. The molecule has 0 heterocycles. The minimum Gasteiger partial charge on any atom is -0.282 e. The highest BCUT2D eigenvalue weighted by atomic mass is 32.2. The van der Waals surface area contributed by atoms with Crippen LogP contribution in [0.4, 0.5) is 4.39 Å². The quantitative estimate of drug-likeness (QED) is 0.575. The van der Waals surface area contributed by atoms with Gasteiger partial charge >= 0.3 is 0 Å². The lowest BCUT2D eigenvalue weighted by Gasteiger charge is -2.19. The third kappa shape index (κ3) is 3.70. The van der Waals surface area contributed by atoms with Crippen molar-refractivity contribution in [3.8, 4) is 0 Å². The zero-order valence-corrected chi connectivity index (χ0v) is 14.2. The van der Waals surface area contributed by atoms with Gasteiger partial charge in [0.1, 0.15) is 5.82 Å². The standard InChI is InChI=1S/C18H14FO3PS/c19-14-6-8-16(9-7-14)23(15-4-2-1-3-5-15)17-10-12-18(13-11-17)24(20,21)22/h1-13H,(H,20,21,22). The van der Waals surface area contributed by atoms with Crippen molar-refractivity contribution in [2.24, 2.45) is 0 Å². The van der Waals surface area contributed by atoms with E-state index in [1.54, 1.807) is 24.3 Å². The van der Waals surface area contributed by atoms with E-state index in [9.17, 15) is 12.8 Å². The molecular formula is C18H14FO3PS. The first-order chi connectivity index (χ1) is 11.4. The molecule has 0 fully saturated rings. The monoisotopic (exact) mass is 360 g/mol. The Bertz CT molecular complexity index is 924. The summed E-state index contributed by atoms with van der Waals surface area (Å²) in [4.78, 5) is -0.145. The predicted octanol–water partition coefficient (Wildman–Crippen LogP) is 2.83. The molecule has 3 rings (SSSR count). The van der Waals surface area contributed by atoms with Crippen molar-refractivity contribution in [2.75, 3.05) is 0 Å². The van der Waals surface area contributed by atoms with E-state index in [2.05, 4.69) is 0 Å². The van der Waals surface area contributed by atoms with Gasteiger partial charge in [0.25, 0.3) is 10.1 Å². The Morgan fingerprint density at radius 3 is 1.67 bits per heavy atom. The van der Waals surface area contributed by atoms with Gasteiger partial charge < -0.3 is 0 Å². The van der Waals surface area contributed by atoms with Crippen LogP contribution < -0.4 is 15.9 Å². The second kappa shape index (κ2) is 6.81. The van der Waals surface area contributed by atoms with Gasteiger partial charge in [-0.25, -0.2) is 4.39 Å². The Hall–Kier alpha value is -2.07. The number of hydrogen-bond donors (Lipinski definition) is 1. The molecule has 0 amide bonds. The Labute approximate surface area is 141 Å². The molecule has 0 bridgehead atoms. The molecule has 6 heteroatoms. The van der Waals surface area contributed by atoms with Crippen molar-refractivity contribution in [1.82, 2.24) is 0 Å². The van der Waals surface area contributed by atoms with Crippen LogP contribution in [0.25, 0.3) is 0 Å². The van der Waals surface area contributed by atoms with Crippen molar-refractivity contribution >= 4 is 34.0 Å². The van der Waals surface area contributed by atoms with Gasteiger partial charge in [0, 0.05) is 0 Å². The first-order valence-corrected chi connectivity index (χ1v) is 9.91. The first-order valence-electron chi connectivity index (χ1n) is 7.13. The zero-order valence-electron chi connectivity index (χ0n) is 12.5. The number of hydrogen-bond acceptors (Lipinski definition) is 2. The molecule has 24 heavy (non-hydrogen) atoms. The summed E-state index contributed by atoms with van der Waals surface area (Å²) in [6, 6.07) is 22.2. The summed E-state index contributed by atoms with van der Waals surface area (Å²) in [7, 11) is -5.17. The molecule has 1 N–H and O–H groups in total. The van der Waals surface area contributed by atoms with E-state index < -0.39 is 18.0 Å². The molecule has 0 saturated heterocycles. The Morgan fingerprint density at radius 2 is 1.17 bits per heavy atom. The van der Waals surface area contributed by atoms with Crippen molar-refractivity contribution in [2.45, 2.75) is 4.90 Å². The maximum atomic E-state index is 13.3. The van der Waals surface area contributed by atoms with Gasteiger partial charge in [0.2, 0.25) is 0 Å². The molecule has 0 radical (unpaired) electrons. The lowest BCUT2D eigenvalue weighted by Crippen LogP contribution is -2.20. The second-order valence-electron chi connectivity index (χ2n) is 5.12. The average molecular weight is 360 g/mol. The molecule has 3 aromatic rings. The van der Waals surface area contributed by atoms with Gasteiger partial charge in [-0.2, -0.15) is 8.42 Å². The SMILES string of the molecule is O=S(=O)(O)c1ccc(P(c2ccccc2)c2ccc(F)cc2)cc1. The van der Waals surface area contributed by atoms with Crippen LogP contribution in [0.1, 0.15) is 0 Å². The van der Waals surface area contributed by atoms with Gasteiger partial charge in [0.15, 0.2) is 0 Å². The summed E-state index contributed by atoms with van der Waals surface area (Å²) in [5, 5.41) is 2.94. The van der Waals surface area contributed by atoms with Crippen LogP contribution in [-0.4, -0.2) is 13.0 Å². The maximum absolute atomic E-state index is 13.3. The normalized spacial score (nSPS) is 12.8. The molecule has 1 atom stereocenters. The molecule has 3 nitrogen and oxygen atoms in total. The zero-order chi connectivity index (χ0) is 17.2. The highest BCUT2D eigenvalue weighted by Gasteiger charge is 2.17. The van der Waals surface area contributed by atoms with Crippen LogP contribution in [-0.2, 0) is 10.1 Å². The van der Waals surface area contributed by atoms with Crippen LogP contribution in [0, 0.1) is 5.82 Å². The Balaban J connectivity index is 2.10. The molecule has 0 spiro atoms. The summed E-state index contributed by atoms with van der Waals surface area (Å²) in [5.74, 6) is -0.302. The second-order valence-corrected chi connectivity index (χ2v) is 8.76. The Kier molecular flexibility index (Phi) is 4.76. The van der Waals surface area contributed by atoms with E-state index in [1.165, 1.54) is 24.3 Å². The van der Waals surface area contributed by atoms with Gasteiger partial charge in [-0.1, -0.05) is 54.6 Å². The van der Waals surface area contributed by atoms with E-state index >= 15 is 0 Å². The molecule has 0 aromatic heterocycles. The van der Waals surface area contributed by atoms with E-state index in [0.717, 1.165) is 15.9 Å². The highest BCUT2D eigenvalue weighted by molar-refractivity contribution is 7.85. The van der Waals surface area contributed by atoms with Crippen LogP contribution >= 0.6 is 7.92 Å². The number of benzene rings is 3. The lowest BCUT2D eigenvalue weighted by atomic mass is 10.3. The molecular weight excluding hydrogens is 346 g/mol. The van der Waals surface area contributed by atoms with Crippen LogP contribution in [0.15, 0.2) is 83.8 Å². The summed E-state index contributed by atoms with van der Waals surface area (Å²) in [5.41, 5.74) is 0. The fraction of sp³-hybridized carbons (Fsp3) is 0. The summed E-state index contributed by atoms with van der Waals surface area (Å²) in [6.07, 6.45) is 0. The molecule has 3 aromatic carbocycles. The van der Waals surface area contributed by atoms with Crippen LogP contribution in [0.5, 0.6) is 0 Å². The Morgan fingerprint density at radius 1 is 0.708 bits per heavy atom. The largest absolute Gasteiger partial charge is 0.294 e. The lowest BCUT2D eigenvalue weighted by molar-refractivity contribution is 0.483. The maximum Gasteiger partial charge on any atom is 0.294 e. The fourth-order valence-electron chi connectivity index (χ4n) is 2.38.